The zero-order valence-electron chi connectivity index (χ0n) is 10.8. The molecule has 0 radical (unpaired) electrons. The van der Waals surface area contributed by atoms with Crippen LogP contribution in [0.4, 0.5) is 0 Å². The van der Waals surface area contributed by atoms with Crippen molar-refractivity contribution < 1.29 is 16.8 Å². The highest BCUT2D eigenvalue weighted by Crippen LogP contribution is 2.20. The van der Waals surface area contributed by atoms with E-state index in [1.807, 2.05) is 0 Å². The van der Waals surface area contributed by atoms with Gasteiger partial charge >= 0.3 is 10.2 Å². The average Bonchev–Trinajstić information content (AvgIpc) is 2.90. The molecule has 0 amide bonds. The minimum Gasteiger partial charge on any atom is -0.226 e. The molecule has 20 heavy (non-hydrogen) atoms. The third kappa shape index (κ3) is 2.35. The topological polar surface area (TPSA) is 89.3 Å². The van der Waals surface area contributed by atoms with Gasteiger partial charge in [-0.1, -0.05) is 18.2 Å². The Hall–Kier alpha value is -1.71. The minimum absolute atomic E-state index is 0.0126. The molecule has 0 aliphatic carbocycles. The molecule has 0 spiro atoms. The van der Waals surface area contributed by atoms with Gasteiger partial charge in [-0.2, -0.15) is 12.7 Å². The molecule has 9 heteroatoms. The SMILES string of the molecule is CN(C)S(=O)(=O)n1ccnc1S(=O)(=O)c1ccccc1. The van der Waals surface area contributed by atoms with Crippen LogP contribution in [0.2, 0.25) is 0 Å². The van der Waals surface area contributed by atoms with Crippen molar-refractivity contribution in [1.29, 1.82) is 0 Å². The van der Waals surface area contributed by atoms with Crippen molar-refractivity contribution in [3.05, 3.63) is 42.7 Å². The fourth-order valence-electron chi connectivity index (χ4n) is 1.52. The van der Waals surface area contributed by atoms with E-state index in [4.69, 9.17) is 0 Å². The smallest absolute Gasteiger partial charge is 0.226 e. The van der Waals surface area contributed by atoms with E-state index in [1.54, 1.807) is 18.2 Å². The van der Waals surface area contributed by atoms with Crippen LogP contribution < -0.4 is 0 Å². The molecule has 1 aromatic carbocycles. The summed E-state index contributed by atoms with van der Waals surface area (Å²) >= 11 is 0. The van der Waals surface area contributed by atoms with Crippen molar-refractivity contribution in [2.75, 3.05) is 14.1 Å². The molecule has 1 heterocycles. The van der Waals surface area contributed by atoms with Crippen molar-refractivity contribution in [3.8, 4) is 0 Å². The summed E-state index contributed by atoms with van der Waals surface area (Å²) in [6.07, 6.45) is 2.24. The maximum Gasteiger partial charge on any atom is 0.309 e. The Kier molecular flexibility index (Phi) is 3.67. The first-order valence-corrected chi connectivity index (χ1v) is 8.42. The highest BCUT2D eigenvalue weighted by Gasteiger charge is 2.29. The fraction of sp³-hybridized carbons (Fsp3) is 0.182. The van der Waals surface area contributed by atoms with E-state index >= 15 is 0 Å². The average molecular weight is 315 g/mol. The maximum absolute atomic E-state index is 12.4. The number of sulfone groups is 1. The number of hydrogen-bond acceptors (Lipinski definition) is 5. The monoisotopic (exact) mass is 315 g/mol. The lowest BCUT2D eigenvalue weighted by Gasteiger charge is -2.14. The van der Waals surface area contributed by atoms with Gasteiger partial charge in [0.1, 0.15) is 0 Å². The minimum atomic E-state index is -4.00. The molecule has 2 aromatic rings. The first-order chi connectivity index (χ1) is 9.28. The van der Waals surface area contributed by atoms with Gasteiger partial charge in [0.15, 0.2) is 0 Å². The van der Waals surface area contributed by atoms with Crippen LogP contribution in [0.25, 0.3) is 0 Å². The molecule has 1 aromatic heterocycles. The molecule has 0 atom stereocenters. The highest BCUT2D eigenvalue weighted by atomic mass is 32.2. The van der Waals surface area contributed by atoms with Gasteiger partial charge in [0.05, 0.1) is 4.90 Å². The number of nitrogens with zero attached hydrogens (tertiary/aromatic N) is 3. The Bertz CT molecular complexity index is 808. The molecule has 7 nitrogen and oxygen atoms in total. The third-order valence-electron chi connectivity index (χ3n) is 2.58. The zero-order valence-corrected chi connectivity index (χ0v) is 12.5. The van der Waals surface area contributed by atoms with Crippen LogP contribution in [0.3, 0.4) is 0 Å². The van der Waals surface area contributed by atoms with Gasteiger partial charge in [0.25, 0.3) is 0 Å². The van der Waals surface area contributed by atoms with Crippen LogP contribution in [0.5, 0.6) is 0 Å². The Balaban J connectivity index is 2.66. The second-order valence-electron chi connectivity index (χ2n) is 4.11. The van der Waals surface area contributed by atoms with Crippen molar-refractivity contribution in [3.63, 3.8) is 0 Å². The lowest BCUT2D eigenvalue weighted by atomic mass is 10.4. The highest BCUT2D eigenvalue weighted by molar-refractivity contribution is 7.92. The molecule has 0 N–H and O–H groups in total. The van der Waals surface area contributed by atoms with Crippen LogP contribution in [-0.2, 0) is 20.0 Å². The van der Waals surface area contributed by atoms with E-state index < -0.39 is 25.2 Å². The van der Waals surface area contributed by atoms with Gasteiger partial charge in [-0.15, -0.1) is 0 Å². The molecule has 0 fully saturated rings. The first kappa shape index (κ1) is 14.7. The summed E-state index contributed by atoms with van der Waals surface area (Å²) in [7, 11) is -5.32. The predicted molar refractivity (Wildman–Crippen MR) is 72.1 cm³/mol. The van der Waals surface area contributed by atoms with E-state index in [1.165, 1.54) is 26.2 Å². The van der Waals surface area contributed by atoms with E-state index in [9.17, 15) is 16.8 Å². The zero-order chi connectivity index (χ0) is 15.0. The van der Waals surface area contributed by atoms with Crippen LogP contribution >= 0.6 is 0 Å². The molecule has 0 aliphatic rings. The summed E-state index contributed by atoms with van der Waals surface area (Å²) in [5.41, 5.74) is 0. The van der Waals surface area contributed by atoms with Gasteiger partial charge in [-0.05, 0) is 12.1 Å². The standard InChI is InChI=1S/C11H13N3O4S2/c1-13(2)20(17,18)14-9-8-12-11(14)19(15,16)10-6-4-3-5-7-10/h3-9H,1-2H3. The van der Waals surface area contributed by atoms with E-state index in [2.05, 4.69) is 4.98 Å². The summed E-state index contributed by atoms with van der Waals surface area (Å²) in [6.45, 7) is 0. The fourth-order valence-corrected chi connectivity index (χ4v) is 4.13. The van der Waals surface area contributed by atoms with Gasteiger partial charge in [-0.25, -0.2) is 17.4 Å². The Morgan fingerprint density at radius 2 is 1.65 bits per heavy atom. The molecule has 0 bridgehead atoms. The molecule has 2 rings (SSSR count). The second-order valence-corrected chi connectivity index (χ2v) is 7.98. The molecule has 0 saturated heterocycles. The van der Waals surface area contributed by atoms with E-state index in [0.29, 0.717) is 3.97 Å². The lowest BCUT2D eigenvalue weighted by Crippen LogP contribution is -2.30. The van der Waals surface area contributed by atoms with E-state index in [-0.39, 0.29) is 4.90 Å². The van der Waals surface area contributed by atoms with Crippen molar-refractivity contribution in [2.45, 2.75) is 10.1 Å². The van der Waals surface area contributed by atoms with Crippen LogP contribution in [0.15, 0.2) is 52.8 Å². The summed E-state index contributed by atoms with van der Waals surface area (Å²) < 4.78 is 50.6. The molecule has 0 unspecified atom stereocenters. The predicted octanol–water partition coefficient (Wildman–Crippen LogP) is 0.370. The van der Waals surface area contributed by atoms with Gasteiger partial charge in [0, 0.05) is 26.5 Å². The van der Waals surface area contributed by atoms with Crippen LogP contribution in [0, 0.1) is 0 Å². The summed E-state index contributed by atoms with van der Waals surface area (Å²) in [5.74, 6) is 0. The quantitative estimate of drug-likeness (QED) is 0.813. The Morgan fingerprint density at radius 1 is 1.05 bits per heavy atom. The Labute approximate surface area is 117 Å². The molecular weight excluding hydrogens is 302 g/mol. The third-order valence-corrected chi connectivity index (χ3v) is 6.09. The summed E-state index contributed by atoms with van der Waals surface area (Å²) in [4.78, 5) is 3.67. The maximum atomic E-state index is 12.4. The normalized spacial score (nSPS) is 12.8. The van der Waals surface area contributed by atoms with E-state index in [0.717, 1.165) is 16.7 Å². The molecule has 0 aliphatic heterocycles. The van der Waals surface area contributed by atoms with Crippen LogP contribution in [-0.4, -0.2) is 44.2 Å². The molecule has 0 saturated carbocycles. The first-order valence-electron chi connectivity index (χ1n) is 5.54. The Morgan fingerprint density at radius 3 is 2.20 bits per heavy atom. The largest absolute Gasteiger partial charge is 0.309 e. The van der Waals surface area contributed by atoms with Gasteiger partial charge in [-0.3, -0.25) is 0 Å². The lowest BCUT2D eigenvalue weighted by molar-refractivity contribution is 0.502. The summed E-state index contributed by atoms with van der Waals surface area (Å²) in [6, 6.07) is 7.55. The number of aromatic nitrogens is 2. The number of hydrogen-bond donors (Lipinski definition) is 0. The van der Waals surface area contributed by atoms with Crippen molar-refractivity contribution in [1.82, 2.24) is 13.3 Å². The van der Waals surface area contributed by atoms with Crippen molar-refractivity contribution >= 4 is 20.0 Å². The summed E-state index contributed by atoms with van der Waals surface area (Å²) in [5, 5.41) is -0.530. The van der Waals surface area contributed by atoms with Gasteiger partial charge in [0.2, 0.25) is 15.0 Å². The van der Waals surface area contributed by atoms with Crippen molar-refractivity contribution in [2.24, 2.45) is 0 Å². The number of imidazole rings is 1. The van der Waals surface area contributed by atoms with Gasteiger partial charge < -0.3 is 0 Å². The number of rotatable bonds is 4. The number of benzene rings is 1. The molecule has 108 valence electrons. The van der Waals surface area contributed by atoms with Crippen LogP contribution in [0.1, 0.15) is 0 Å². The second kappa shape index (κ2) is 5.00. The molecular formula is C11H13N3O4S2.